The molecular formula is C25H31N3O4. The number of nitrogens with zero attached hydrogens (tertiary/aromatic N) is 2. The van der Waals surface area contributed by atoms with Gasteiger partial charge in [-0.25, -0.2) is 0 Å². The number of benzene rings is 2. The molecule has 1 fully saturated rings. The summed E-state index contributed by atoms with van der Waals surface area (Å²) in [6, 6.07) is 12.8. The van der Waals surface area contributed by atoms with E-state index >= 15 is 0 Å². The first kappa shape index (κ1) is 22.1. The van der Waals surface area contributed by atoms with Gasteiger partial charge < -0.3 is 24.6 Å². The number of likely N-dealkylation sites (tertiary alicyclic amines) is 1. The zero-order valence-electron chi connectivity index (χ0n) is 18.8. The van der Waals surface area contributed by atoms with E-state index in [1.54, 1.807) is 19.1 Å². The lowest BCUT2D eigenvalue weighted by Gasteiger charge is -2.28. The van der Waals surface area contributed by atoms with Crippen molar-refractivity contribution in [3.05, 3.63) is 59.2 Å². The molecule has 32 heavy (non-hydrogen) atoms. The molecule has 0 unspecified atom stereocenters. The third-order valence-electron chi connectivity index (χ3n) is 6.35. The predicted octanol–water partition coefficient (Wildman–Crippen LogP) is 3.00. The molecule has 2 aromatic carbocycles. The van der Waals surface area contributed by atoms with Gasteiger partial charge in [0.15, 0.2) is 11.5 Å². The zero-order chi connectivity index (χ0) is 22.5. The van der Waals surface area contributed by atoms with Crippen LogP contribution in [-0.2, 0) is 11.3 Å². The molecule has 0 bridgehead atoms. The van der Waals surface area contributed by atoms with E-state index in [9.17, 15) is 9.59 Å². The molecule has 1 saturated heterocycles. The van der Waals surface area contributed by atoms with Gasteiger partial charge in [0.25, 0.3) is 5.91 Å². The van der Waals surface area contributed by atoms with Crippen LogP contribution < -0.4 is 14.8 Å². The first-order valence-electron chi connectivity index (χ1n) is 11.2. The average molecular weight is 438 g/mol. The third kappa shape index (κ3) is 4.72. The molecule has 0 radical (unpaired) electrons. The molecule has 7 heteroatoms. The number of ether oxygens (including phenoxy) is 2. The quantitative estimate of drug-likeness (QED) is 0.653. The Labute approximate surface area is 189 Å². The molecule has 0 aliphatic carbocycles. The average Bonchev–Trinajstić information content (AvgIpc) is 3.45. The van der Waals surface area contributed by atoms with Crippen LogP contribution in [-0.4, -0.2) is 62.0 Å². The van der Waals surface area contributed by atoms with Gasteiger partial charge >= 0.3 is 0 Å². The minimum absolute atomic E-state index is 0.0507. The lowest BCUT2D eigenvalue weighted by atomic mass is 10.0. The first-order chi connectivity index (χ1) is 15.6. The molecule has 2 aliphatic rings. The maximum Gasteiger partial charge on any atom is 0.255 e. The summed E-state index contributed by atoms with van der Waals surface area (Å²) in [5.41, 5.74) is 2.53. The molecule has 1 N–H and O–H groups in total. The highest BCUT2D eigenvalue weighted by Crippen LogP contribution is 2.37. The van der Waals surface area contributed by atoms with Crippen molar-refractivity contribution >= 4 is 11.8 Å². The van der Waals surface area contributed by atoms with Crippen LogP contribution >= 0.6 is 0 Å². The topological polar surface area (TPSA) is 71.1 Å². The van der Waals surface area contributed by atoms with Crippen LogP contribution in [0.2, 0.25) is 0 Å². The number of fused-ring (bicyclic) bond motifs is 1. The molecule has 0 spiro atoms. The minimum atomic E-state index is -0.401. The molecule has 2 aliphatic heterocycles. The van der Waals surface area contributed by atoms with E-state index in [2.05, 4.69) is 10.2 Å². The molecule has 4 rings (SSSR count). The molecule has 2 heterocycles. The molecule has 1 atom stereocenters. The second-order valence-electron chi connectivity index (χ2n) is 8.32. The van der Waals surface area contributed by atoms with Crippen LogP contribution in [0.25, 0.3) is 0 Å². The summed E-state index contributed by atoms with van der Waals surface area (Å²) in [4.78, 5) is 30.2. The molecule has 2 aromatic rings. The van der Waals surface area contributed by atoms with E-state index in [0.29, 0.717) is 30.2 Å². The van der Waals surface area contributed by atoms with Gasteiger partial charge in [-0.2, -0.15) is 0 Å². The van der Waals surface area contributed by atoms with Gasteiger partial charge in [-0.05, 0) is 55.3 Å². The van der Waals surface area contributed by atoms with Gasteiger partial charge in [0, 0.05) is 25.2 Å². The van der Waals surface area contributed by atoms with Crippen molar-refractivity contribution < 1.29 is 19.1 Å². The number of rotatable bonds is 9. The van der Waals surface area contributed by atoms with Crippen molar-refractivity contribution in [1.82, 2.24) is 15.1 Å². The maximum absolute atomic E-state index is 13.2. The van der Waals surface area contributed by atoms with E-state index in [1.807, 2.05) is 42.5 Å². The minimum Gasteiger partial charge on any atom is -0.493 e. The largest absolute Gasteiger partial charge is 0.493 e. The second-order valence-corrected chi connectivity index (χ2v) is 8.32. The summed E-state index contributed by atoms with van der Waals surface area (Å²) in [5.74, 6) is 1.08. The molecule has 170 valence electrons. The summed E-state index contributed by atoms with van der Waals surface area (Å²) in [6.45, 7) is 4.16. The van der Waals surface area contributed by atoms with E-state index < -0.39 is 6.04 Å². The molecular weight excluding hydrogens is 406 g/mol. The van der Waals surface area contributed by atoms with Gasteiger partial charge in [-0.15, -0.1) is 0 Å². The van der Waals surface area contributed by atoms with Gasteiger partial charge in [-0.3, -0.25) is 9.59 Å². The summed E-state index contributed by atoms with van der Waals surface area (Å²) in [6.07, 6.45) is 2.65. The lowest BCUT2D eigenvalue weighted by molar-refractivity contribution is -0.122. The van der Waals surface area contributed by atoms with Crippen molar-refractivity contribution in [3.63, 3.8) is 0 Å². The van der Waals surface area contributed by atoms with Crippen LogP contribution in [0.15, 0.2) is 42.5 Å². The summed E-state index contributed by atoms with van der Waals surface area (Å²) in [7, 11) is 3.17. The van der Waals surface area contributed by atoms with E-state index in [4.69, 9.17) is 9.47 Å². The molecule has 7 nitrogen and oxygen atoms in total. The Hall–Kier alpha value is -3.06. The standard InChI is InChI=1S/C25H31N3O4/c1-31-22-10-9-18(15-23(22)32-2)21(16-24(29)26-11-14-27-12-5-6-13-27)28-17-19-7-3-4-8-20(19)25(28)30/h3-4,7-10,15,21H,5-6,11-14,16-17H2,1-2H3,(H,26,29)/t21-/m1/s1. The van der Waals surface area contributed by atoms with Gasteiger partial charge in [0.2, 0.25) is 5.91 Å². The Bertz CT molecular complexity index is 971. The molecule has 2 amide bonds. The predicted molar refractivity (Wildman–Crippen MR) is 122 cm³/mol. The van der Waals surface area contributed by atoms with Crippen molar-refractivity contribution in [3.8, 4) is 11.5 Å². The third-order valence-corrected chi connectivity index (χ3v) is 6.35. The monoisotopic (exact) mass is 437 g/mol. The fraction of sp³-hybridized carbons (Fsp3) is 0.440. The van der Waals surface area contributed by atoms with E-state index in [1.165, 1.54) is 12.8 Å². The number of carbonyl (C=O) groups excluding carboxylic acids is 2. The van der Waals surface area contributed by atoms with Gasteiger partial charge in [0.1, 0.15) is 0 Å². The number of hydrogen-bond donors (Lipinski definition) is 1. The summed E-state index contributed by atoms with van der Waals surface area (Å²) < 4.78 is 10.8. The van der Waals surface area contributed by atoms with Crippen molar-refractivity contribution in [1.29, 1.82) is 0 Å². The Balaban J connectivity index is 1.53. The Morgan fingerprint density at radius 3 is 2.53 bits per heavy atom. The number of methoxy groups -OCH3 is 2. The van der Waals surface area contributed by atoms with Crippen molar-refractivity contribution in [2.45, 2.75) is 31.8 Å². The highest BCUT2D eigenvalue weighted by atomic mass is 16.5. The van der Waals surface area contributed by atoms with E-state index in [0.717, 1.165) is 30.8 Å². The second kappa shape index (κ2) is 10.0. The molecule has 0 saturated carbocycles. The van der Waals surface area contributed by atoms with Crippen LogP contribution in [0.4, 0.5) is 0 Å². The fourth-order valence-corrected chi connectivity index (χ4v) is 4.60. The number of hydrogen-bond acceptors (Lipinski definition) is 5. The zero-order valence-corrected chi connectivity index (χ0v) is 18.8. The van der Waals surface area contributed by atoms with Crippen molar-refractivity contribution in [2.75, 3.05) is 40.4 Å². The van der Waals surface area contributed by atoms with Crippen LogP contribution in [0.5, 0.6) is 11.5 Å². The SMILES string of the molecule is COc1ccc([C@@H](CC(=O)NCCN2CCCC2)N2Cc3ccccc3C2=O)cc1OC. The van der Waals surface area contributed by atoms with Gasteiger partial charge in [-0.1, -0.05) is 24.3 Å². The number of nitrogens with one attached hydrogen (secondary N) is 1. The van der Waals surface area contributed by atoms with E-state index in [-0.39, 0.29) is 18.2 Å². The fourth-order valence-electron chi connectivity index (χ4n) is 4.60. The van der Waals surface area contributed by atoms with Crippen LogP contribution in [0, 0.1) is 0 Å². The van der Waals surface area contributed by atoms with Crippen LogP contribution in [0.1, 0.15) is 46.8 Å². The van der Waals surface area contributed by atoms with Gasteiger partial charge in [0.05, 0.1) is 26.7 Å². The maximum atomic E-state index is 13.2. The van der Waals surface area contributed by atoms with Crippen molar-refractivity contribution in [2.24, 2.45) is 0 Å². The Morgan fingerprint density at radius 2 is 1.81 bits per heavy atom. The lowest BCUT2D eigenvalue weighted by Crippen LogP contribution is -2.37. The highest BCUT2D eigenvalue weighted by Gasteiger charge is 2.34. The first-order valence-corrected chi connectivity index (χ1v) is 11.2. The summed E-state index contributed by atoms with van der Waals surface area (Å²) in [5, 5.41) is 3.05. The number of amides is 2. The smallest absolute Gasteiger partial charge is 0.255 e. The molecule has 0 aromatic heterocycles. The van der Waals surface area contributed by atoms with Crippen LogP contribution in [0.3, 0.4) is 0 Å². The Kier molecular flexibility index (Phi) is 6.95. The number of carbonyl (C=O) groups is 2. The normalized spacial score (nSPS) is 16.7. The Morgan fingerprint density at radius 1 is 1.06 bits per heavy atom. The summed E-state index contributed by atoms with van der Waals surface area (Å²) >= 11 is 0. The highest BCUT2D eigenvalue weighted by molar-refractivity contribution is 5.98.